The van der Waals surface area contributed by atoms with Crippen LogP contribution in [0.2, 0.25) is 0 Å². The van der Waals surface area contributed by atoms with Gasteiger partial charge in [0.1, 0.15) is 0 Å². The second-order valence-corrected chi connectivity index (χ2v) is 3.62. The van der Waals surface area contributed by atoms with Crippen molar-refractivity contribution in [2.45, 2.75) is 25.9 Å². The lowest BCUT2D eigenvalue weighted by atomic mass is 10.3. The van der Waals surface area contributed by atoms with E-state index < -0.39 is 24.6 Å². The molecule has 3 amide bonds. The van der Waals surface area contributed by atoms with Gasteiger partial charge in [-0.05, 0) is 13.8 Å². The second kappa shape index (κ2) is 7.44. The van der Waals surface area contributed by atoms with E-state index in [9.17, 15) is 14.4 Å². The molecule has 0 saturated heterocycles. The number of carbonyl (C=O) groups excluding carboxylic acids is 2. The molecule has 0 saturated carbocycles. The molecule has 0 aliphatic carbocycles. The van der Waals surface area contributed by atoms with Gasteiger partial charge in [-0.25, -0.2) is 9.59 Å². The van der Waals surface area contributed by atoms with Gasteiger partial charge in [0.2, 0.25) is 5.91 Å². The third-order valence-electron chi connectivity index (χ3n) is 1.65. The lowest BCUT2D eigenvalue weighted by Crippen LogP contribution is -2.50. The number of rotatable bonds is 6. The molecule has 0 aromatic rings. The number of carboxylic acids is 1. The molecular formula is C9H17N3O5. The van der Waals surface area contributed by atoms with Crippen LogP contribution in [-0.2, 0) is 9.59 Å². The predicted octanol–water partition coefficient (Wildman–Crippen LogP) is -1.74. The van der Waals surface area contributed by atoms with E-state index in [1.807, 2.05) is 5.32 Å². The molecule has 0 aliphatic heterocycles. The van der Waals surface area contributed by atoms with E-state index in [-0.39, 0.29) is 18.5 Å². The van der Waals surface area contributed by atoms with Crippen molar-refractivity contribution in [2.75, 3.05) is 13.2 Å². The van der Waals surface area contributed by atoms with E-state index >= 15 is 0 Å². The first-order valence-corrected chi connectivity index (χ1v) is 5.04. The Morgan fingerprint density at radius 3 is 2.18 bits per heavy atom. The summed E-state index contributed by atoms with van der Waals surface area (Å²) in [6.07, 6.45) is 0. The number of amides is 3. The summed E-state index contributed by atoms with van der Waals surface area (Å²) < 4.78 is 0. The largest absolute Gasteiger partial charge is 0.480 e. The van der Waals surface area contributed by atoms with Crippen LogP contribution in [0, 0.1) is 0 Å². The zero-order chi connectivity index (χ0) is 13.4. The minimum atomic E-state index is -1.39. The molecule has 0 fully saturated rings. The Morgan fingerprint density at radius 1 is 1.18 bits per heavy atom. The Labute approximate surface area is 98.4 Å². The number of hydrogen-bond acceptors (Lipinski definition) is 4. The van der Waals surface area contributed by atoms with Gasteiger partial charge in [-0.1, -0.05) is 0 Å². The fourth-order valence-electron chi connectivity index (χ4n) is 0.928. The van der Waals surface area contributed by atoms with Gasteiger partial charge in [0.05, 0.1) is 13.2 Å². The summed E-state index contributed by atoms with van der Waals surface area (Å²) in [6, 6.07) is -2.26. The zero-order valence-electron chi connectivity index (χ0n) is 9.69. The van der Waals surface area contributed by atoms with Crippen LogP contribution in [0.3, 0.4) is 0 Å². The molecule has 0 radical (unpaired) electrons. The number of nitrogens with one attached hydrogen (secondary N) is 3. The number of aliphatic carboxylic acids is 1. The highest BCUT2D eigenvalue weighted by molar-refractivity contribution is 5.86. The zero-order valence-corrected chi connectivity index (χ0v) is 9.69. The first kappa shape index (κ1) is 15.2. The van der Waals surface area contributed by atoms with E-state index in [2.05, 4.69) is 10.6 Å². The summed E-state index contributed by atoms with van der Waals surface area (Å²) in [4.78, 5) is 32.7. The van der Waals surface area contributed by atoms with Crippen molar-refractivity contribution < 1.29 is 24.6 Å². The van der Waals surface area contributed by atoms with Gasteiger partial charge >= 0.3 is 12.0 Å². The first-order valence-electron chi connectivity index (χ1n) is 5.04. The quantitative estimate of drug-likeness (QED) is 0.380. The minimum absolute atomic E-state index is 0.0448. The molecule has 98 valence electrons. The third-order valence-corrected chi connectivity index (χ3v) is 1.65. The van der Waals surface area contributed by atoms with Gasteiger partial charge in [0.15, 0.2) is 6.04 Å². The van der Waals surface area contributed by atoms with Crippen molar-refractivity contribution >= 4 is 17.9 Å². The average Bonchev–Trinajstić information content (AvgIpc) is 2.21. The highest BCUT2D eigenvalue weighted by Gasteiger charge is 2.18. The molecule has 17 heavy (non-hydrogen) atoms. The summed E-state index contributed by atoms with van der Waals surface area (Å²) in [5.41, 5.74) is 0. The maximum absolute atomic E-state index is 11.1. The van der Waals surface area contributed by atoms with Gasteiger partial charge in [-0.3, -0.25) is 4.79 Å². The Morgan fingerprint density at radius 2 is 1.76 bits per heavy atom. The molecule has 1 atom stereocenters. The van der Waals surface area contributed by atoms with Crippen LogP contribution in [-0.4, -0.2) is 53.4 Å². The van der Waals surface area contributed by atoms with Crippen LogP contribution in [0.25, 0.3) is 0 Å². The summed E-state index contributed by atoms with van der Waals surface area (Å²) in [5, 5.41) is 23.9. The van der Waals surface area contributed by atoms with Crippen molar-refractivity contribution in [3.8, 4) is 0 Å². The van der Waals surface area contributed by atoms with Crippen LogP contribution in [0.5, 0.6) is 0 Å². The van der Waals surface area contributed by atoms with Gasteiger partial charge in [0, 0.05) is 6.04 Å². The molecule has 0 aliphatic rings. The minimum Gasteiger partial charge on any atom is -0.480 e. The number of aliphatic hydroxyl groups is 1. The smallest absolute Gasteiger partial charge is 0.328 e. The van der Waals surface area contributed by atoms with Crippen LogP contribution >= 0.6 is 0 Å². The van der Waals surface area contributed by atoms with Crippen molar-refractivity contribution in [2.24, 2.45) is 0 Å². The van der Waals surface area contributed by atoms with Gasteiger partial charge in [0.25, 0.3) is 0 Å². The second-order valence-electron chi connectivity index (χ2n) is 3.62. The SMILES string of the molecule is CC(C)NC(=O)CNC(=O)N[C@@H](CO)C(=O)O. The fourth-order valence-corrected chi connectivity index (χ4v) is 0.928. The van der Waals surface area contributed by atoms with Crippen LogP contribution in [0.1, 0.15) is 13.8 Å². The van der Waals surface area contributed by atoms with Gasteiger partial charge in [-0.15, -0.1) is 0 Å². The van der Waals surface area contributed by atoms with Crippen molar-refractivity contribution in [3.05, 3.63) is 0 Å². The summed E-state index contributed by atoms with van der Waals surface area (Å²) >= 11 is 0. The molecule has 0 unspecified atom stereocenters. The average molecular weight is 247 g/mol. The molecule has 0 aromatic carbocycles. The molecule has 8 heteroatoms. The highest BCUT2D eigenvalue weighted by Crippen LogP contribution is 1.82. The Kier molecular flexibility index (Phi) is 6.64. The normalized spacial score (nSPS) is 11.8. The Hall–Kier alpha value is -1.83. The van der Waals surface area contributed by atoms with E-state index in [0.29, 0.717) is 0 Å². The van der Waals surface area contributed by atoms with E-state index in [1.165, 1.54) is 0 Å². The number of carboxylic acid groups (broad SMARTS) is 1. The molecule has 0 aromatic heterocycles. The number of hydrogen-bond donors (Lipinski definition) is 5. The standard InChI is InChI=1S/C9H17N3O5/c1-5(2)11-7(14)3-10-9(17)12-6(4-13)8(15)16/h5-6,13H,3-4H2,1-2H3,(H,11,14)(H,15,16)(H2,10,12,17)/t6-/m0/s1. The van der Waals surface area contributed by atoms with Crippen LogP contribution in [0.15, 0.2) is 0 Å². The van der Waals surface area contributed by atoms with Crippen molar-refractivity contribution in [1.82, 2.24) is 16.0 Å². The van der Waals surface area contributed by atoms with E-state index in [0.717, 1.165) is 0 Å². The van der Waals surface area contributed by atoms with E-state index in [4.69, 9.17) is 10.2 Å². The number of carbonyl (C=O) groups is 3. The first-order chi connectivity index (χ1) is 7.86. The fraction of sp³-hybridized carbons (Fsp3) is 0.667. The molecule has 0 spiro atoms. The summed E-state index contributed by atoms with van der Waals surface area (Å²) in [7, 11) is 0. The van der Waals surface area contributed by atoms with Crippen molar-refractivity contribution in [3.63, 3.8) is 0 Å². The lowest BCUT2D eigenvalue weighted by molar-refractivity contribution is -0.140. The van der Waals surface area contributed by atoms with Gasteiger partial charge < -0.3 is 26.2 Å². The number of aliphatic hydroxyl groups excluding tert-OH is 1. The summed E-state index contributed by atoms with van der Waals surface area (Å²) in [5.74, 6) is -1.74. The lowest BCUT2D eigenvalue weighted by Gasteiger charge is -2.13. The van der Waals surface area contributed by atoms with Crippen LogP contribution in [0.4, 0.5) is 4.79 Å². The molecule has 0 heterocycles. The molecular weight excluding hydrogens is 230 g/mol. The third kappa shape index (κ3) is 7.12. The number of urea groups is 1. The predicted molar refractivity (Wildman–Crippen MR) is 58.3 cm³/mol. The monoisotopic (exact) mass is 247 g/mol. The Bertz CT molecular complexity index is 292. The molecule has 8 nitrogen and oxygen atoms in total. The highest BCUT2D eigenvalue weighted by atomic mass is 16.4. The van der Waals surface area contributed by atoms with Crippen LogP contribution < -0.4 is 16.0 Å². The maximum Gasteiger partial charge on any atom is 0.328 e. The van der Waals surface area contributed by atoms with Crippen molar-refractivity contribution in [1.29, 1.82) is 0 Å². The summed E-state index contributed by atoms with van der Waals surface area (Å²) in [6.45, 7) is 2.55. The Balaban J connectivity index is 3.94. The molecule has 0 rings (SSSR count). The molecule has 5 N–H and O–H groups in total. The maximum atomic E-state index is 11.1. The topological polar surface area (TPSA) is 128 Å². The van der Waals surface area contributed by atoms with Gasteiger partial charge in [-0.2, -0.15) is 0 Å². The van der Waals surface area contributed by atoms with E-state index in [1.54, 1.807) is 13.8 Å². The molecule has 0 bridgehead atoms.